The number of benzene rings is 3. The van der Waals surface area contributed by atoms with Gasteiger partial charge >= 0.3 is 0 Å². The number of para-hydroxylation sites is 1. The number of ether oxygens (including phenoxy) is 3. The first-order valence-corrected chi connectivity index (χ1v) is 12.9. The molecule has 196 valence electrons. The summed E-state index contributed by atoms with van der Waals surface area (Å²) in [5.41, 5.74) is 2.37. The summed E-state index contributed by atoms with van der Waals surface area (Å²) in [6, 6.07) is 19.8. The molecule has 0 aliphatic carbocycles. The van der Waals surface area contributed by atoms with Gasteiger partial charge in [0.2, 0.25) is 5.76 Å². The fraction of sp³-hybridized carbons (Fsp3) is 0.290. The number of amides is 1. The van der Waals surface area contributed by atoms with Gasteiger partial charge in [0.15, 0.2) is 16.9 Å². The van der Waals surface area contributed by atoms with Gasteiger partial charge in [-0.3, -0.25) is 9.59 Å². The predicted molar refractivity (Wildman–Crippen MR) is 145 cm³/mol. The summed E-state index contributed by atoms with van der Waals surface area (Å²) in [4.78, 5) is 29.2. The topological polar surface area (TPSA) is 78.2 Å². The molecule has 0 bridgehead atoms. The van der Waals surface area contributed by atoms with Crippen LogP contribution in [0.3, 0.4) is 0 Å². The molecule has 1 aliphatic heterocycles. The van der Waals surface area contributed by atoms with Crippen molar-refractivity contribution in [1.82, 2.24) is 4.90 Å². The predicted octanol–water partition coefficient (Wildman–Crippen LogP) is 5.78. The third kappa shape index (κ3) is 4.72. The standard InChI is InChI=1S/C31H31NO6/c1-4-5-17-37-22-10-8-9-21(19-22)28-27-29(33)23-11-6-7-12-24(23)38-30(27)31(34)32(28)16-15-20-13-14-25(35-2)26(18-20)36-3/h6-14,18-19,28H,4-5,15-17H2,1-3H3. The highest BCUT2D eigenvalue weighted by Crippen LogP contribution is 2.39. The minimum Gasteiger partial charge on any atom is -0.494 e. The van der Waals surface area contributed by atoms with E-state index < -0.39 is 6.04 Å². The van der Waals surface area contributed by atoms with Crippen LogP contribution in [0, 0.1) is 0 Å². The van der Waals surface area contributed by atoms with Crippen LogP contribution in [0.5, 0.6) is 17.2 Å². The molecule has 0 fully saturated rings. The van der Waals surface area contributed by atoms with Crippen molar-refractivity contribution < 1.29 is 23.4 Å². The Morgan fingerprint density at radius 3 is 2.53 bits per heavy atom. The molecule has 38 heavy (non-hydrogen) atoms. The van der Waals surface area contributed by atoms with Gasteiger partial charge in [-0.1, -0.05) is 43.7 Å². The van der Waals surface area contributed by atoms with Crippen molar-refractivity contribution in [3.8, 4) is 17.2 Å². The Balaban J connectivity index is 1.55. The number of methoxy groups -OCH3 is 2. The van der Waals surface area contributed by atoms with Crippen molar-refractivity contribution in [2.45, 2.75) is 32.2 Å². The van der Waals surface area contributed by atoms with E-state index >= 15 is 0 Å². The second-order valence-electron chi connectivity index (χ2n) is 9.29. The zero-order valence-electron chi connectivity index (χ0n) is 21.9. The van der Waals surface area contributed by atoms with E-state index in [1.807, 2.05) is 42.5 Å². The number of unbranched alkanes of at least 4 members (excludes halogenated alkanes) is 1. The van der Waals surface area contributed by atoms with E-state index in [9.17, 15) is 9.59 Å². The van der Waals surface area contributed by atoms with Crippen LogP contribution < -0.4 is 19.6 Å². The third-order valence-electron chi connectivity index (χ3n) is 6.90. The second-order valence-corrected chi connectivity index (χ2v) is 9.29. The fourth-order valence-corrected chi connectivity index (χ4v) is 4.94. The Hall–Kier alpha value is -4.26. The molecule has 0 saturated carbocycles. The van der Waals surface area contributed by atoms with E-state index in [-0.39, 0.29) is 17.1 Å². The highest BCUT2D eigenvalue weighted by atomic mass is 16.5. The van der Waals surface area contributed by atoms with E-state index in [0.717, 1.165) is 24.0 Å². The Labute approximate surface area is 221 Å². The molecular weight excluding hydrogens is 482 g/mol. The lowest BCUT2D eigenvalue weighted by Gasteiger charge is -2.25. The lowest BCUT2D eigenvalue weighted by Crippen LogP contribution is -2.31. The summed E-state index contributed by atoms with van der Waals surface area (Å²) in [5.74, 6) is 1.77. The van der Waals surface area contributed by atoms with Crippen molar-refractivity contribution in [3.63, 3.8) is 0 Å². The SMILES string of the molecule is CCCCOc1cccc(C2c3c(oc4ccccc4c3=O)C(=O)N2CCc2ccc(OC)c(OC)c2)c1. The van der Waals surface area contributed by atoms with Crippen molar-refractivity contribution in [2.24, 2.45) is 0 Å². The van der Waals surface area contributed by atoms with Crippen molar-refractivity contribution in [2.75, 3.05) is 27.4 Å². The maximum Gasteiger partial charge on any atom is 0.290 e. The first-order valence-electron chi connectivity index (χ1n) is 12.9. The first-order chi connectivity index (χ1) is 18.5. The summed E-state index contributed by atoms with van der Waals surface area (Å²) < 4.78 is 22.8. The van der Waals surface area contributed by atoms with Crippen LogP contribution >= 0.6 is 0 Å². The van der Waals surface area contributed by atoms with Crippen molar-refractivity contribution in [1.29, 1.82) is 0 Å². The molecule has 3 aromatic carbocycles. The Kier molecular flexibility index (Phi) is 7.36. The molecule has 0 spiro atoms. The first kappa shape index (κ1) is 25.4. The molecule has 5 rings (SSSR count). The number of fused-ring (bicyclic) bond motifs is 2. The second kappa shape index (κ2) is 11.0. The summed E-state index contributed by atoms with van der Waals surface area (Å²) in [6.45, 7) is 3.09. The van der Waals surface area contributed by atoms with Crippen LogP contribution in [0.25, 0.3) is 11.0 Å². The van der Waals surface area contributed by atoms with Crippen molar-refractivity contribution >= 4 is 16.9 Å². The molecule has 0 N–H and O–H groups in total. The molecule has 0 saturated heterocycles. The molecule has 4 aromatic rings. The minimum atomic E-state index is -0.590. The van der Waals surface area contributed by atoms with Gasteiger partial charge in [0.05, 0.1) is 37.8 Å². The molecular formula is C31H31NO6. The average Bonchev–Trinajstić information content (AvgIpc) is 3.23. The quantitative estimate of drug-likeness (QED) is 0.250. The number of carbonyl (C=O) groups excluding carboxylic acids is 1. The Morgan fingerprint density at radius 2 is 1.74 bits per heavy atom. The third-order valence-corrected chi connectivity index (χ3v) is 6.90. The largest absolute Gasteiger partial charge is 0.494 e. The molecule has 1 atom stereocenters. The monoisotopic (exact) mass is 513 g/mol. The zero-order valence-corrected chi connectivity index (χ0v) is 21.9. The molecule has 7 nitrogen and oxygen atoms in total. The van der Waals surface area contributed by atoms with Crippen LogP contribution in [0.2, 0.25) is 0 Å². The zero-order chi connectivity index (χ0) is 26.6. The van der Waals surface area contributed by atoms with E-state index in [2.05, 4.69) is 6.92 Å². The van der Waals surface area contributed by atoms with Crippen LogP contribution in [0.4, 0.5) is 0 Å². The number of carbonyl (C=O) groups is 1. The smallest absolute Gasteiger partial charge is 0.290 e. The normalized spacial score (nSPS) is 14.6. The lowest BCUT2D eigenvalue weighted by molar-refractivity contribution is 0.0729. The van der Waals surface area contributed by atoms with Gasteiger partial charge in [0, 0.05) is 6.54 Å². The Morgan fingerprint density at radius 1 is 0.921 bits per heavy atom. The van der Waals surface area contributed by atoms with Crippen molar-refractivity contribution in [3.05, 3.63) is 99.4 Å². The van der Waals surface area contributed by atoms with Gasteiger partial charge in [-0.05, 0) is 60.4 Å². The summed E-state index contributed by atoms with van der Waals surface area (Å²) in [7, 11) is 3.19. The molecule has 2 heterocycles. The lowest BCUT2D eigenvalue weighted by atomic mass is 9.98. The number of rotatable bonds is 10. The van der Waals surface area contributed by atoms with E-state index in [0.29, 0.717) is 53.4 Å². The minimum absolute atomic E-state index is 0.100. The molecule has 0 radical (unpaired) electrons. The van der Waals surface area contributed by atoms with E-state index in [4.69, 9.17) is 18.6 Å². The van der Waals surface area contributed by atoms with Gasteiger partial charge < -0.3 is 23.5 Å². The maximum atomic E-state index is 13.7. The van der Waals surface area contributed by atoms with E-state index in [1.165, 1.54) is 0 Å². The maximum absolute atomic E-state index is 13.7. The van der Waals surface area contributed by atoms with Gasteiger partial charge in [0.1, 0.15) is 11.3 Å². The molecule has 1 unspecified atom stereocenters. The van der Waals surface area contributed by atoms with Gasteiger partial charge in [-0.25, -0.2) is 0 Å². The summed E-state index contributed by atoms with van der Waals surface area (Å²) >= 11 is 0. The average molecular weight is 514 g/mol. The molecule has 7 heteroatoms. The fourth-order valence-electron chi connectivity index (χ4n) is 4.94. The Bertz CT molecular complexity index is 1520. The number of hydrogen-bond donors (Lipinski definition) is 0. The van der Waals surface area contributed by atoms with Crippen LogP contribution in [-0.2, 0) is 6.42 Å². The van der Waals surface area contributed by atoms with Gasteiger partial charge in [-0.15, -0.1) is 0 Å². The molecule has 1 aliphatic rings. The highest BCUT2D eigenvalue weighted by Gasteiger charge is 2.42. The van der Waals surface area contributed by atoms with Crippen LogP contribution in [0.1, 0.15) is 53.1 Å². The number of hydrogen-bond acceptors (Lipinski definition) is 6. The molecule has 1 aromatic heterocycles. The number of nitrogens with zero attached hydrogens (tertiary/aromatic N) is 1. The molecule has 1 amide bonds. The van der Waals surface area contributed by atoms with Crippen LogP contribution in [0.15, 0.2) is 75.9 Å². The summed E-state index contributed by atoms with van der Waals surface area (Å²) in [6.07, 6.45) is 2.53. The van der Waals surface area contributed by atoms with Gasteiger partial charge in [-0.2, -0.15) is 0 Å². The highest BCUT2D eigenvalue weighted by molar-refractivity contribution is 5.99. The van der Waals surface area contributed by atoms with E-state index in [1.54, 1.807) is 43.4 Å². The summed E-state index contributed by atoms with van der Waals surface area (Å²) in [5, 5.41) is 0.459. The van der Waals surface area contributed by atoms with Gasteiger partial charge in [0.25, 0.3) is 5.91 Å². The van der Waals surface area contributed by atoms with Crippen LogP contribution in [-0.4, -0.2) is 38.2 Å².